The first kappa shape index (κ1) is 12.3. The van der Waals surface area contributed by atoms with E-state index in [0.29, 0.717) is 21.4 Å². The summed E-state index contributed by atoms with van der Waals surface area (Å²) in [4.78, 5) is 4.31. The van der Waals surface area contributed by atoms with Gasteiger partial charge in [0.2, 0.25) is 0 Å². The number of halogens is 2. The third-order valence-electron chi connectivity index (χ3n) is 1.73. The van der Waals surface area contributed by atoms with Crippen molar-refractivity contribution in [1.29, 1.82) is 0 Å². The van der Waals surface area contributed by atoms with E-state index in [-0.39, 0.29) is 6.04 Å². The normalized spacial score (nSPS) is 12.0. The number of amidine groups is 1. The van der Waals surface area contributed by atoms with Crippen molar-refractivity contribution in [3.05, 3.63) is 33.8 Å². The molecule has 82 valence electrons. The molecule has 0 aromatic heterocycles. The highest BCUT2D eigenvalue weighted by Crippen LogP contribution is 2.25. The fourth-order valence-electron chi connectivity index (χ4n) is 1.13. The summed E-state index contributed by atoms with van der Waals surface area (Å²) in [6.45, 7) is 3.91. The predicted octanol–water partition coefficient (Wildman–Crippen LogP) is 2.61. The fraction of sp³-hybridized carbons (Fsp3) is 0.300. The van der Waals surface area contributed by atoms with Crippen LogP contribution >= 0.6 is 23.2 Å². The Kier molecular flexibility index (Phi) is 4.39. The number of benzene rings is 1. The van der Waals surface area contributed by atoms with Crippen LogP contribution in [0.4, 0.5) is 0 Å². The van der Waals surface area contributed by atoms with Gasteiger partial charge in [0.25, 0.3) is 0 Å². The Bertz CT molecular complexity index is 375. The molecule has 0 fully saturated rings. The summed E-state index contributed by atoms with van der Waals surface area (Å²) in [6.07, 6.45) is 0. The zero-order chi connectivity index (χ0) is 11.4. The molecular formula is C10H13Cl2N3. The number of aliphatic imine (C=N–C) groups is 1. The van der Waals surface area contributed by atoms with Gasteiger partial charge in [-0.1, -0.05) is 29.3 Å². The van der Waals surface area contributed by atoms with Crippen LogP contribution < -0.4 is 11.3 Å². The number of hydrogen-bond acceptors (Lipinski definition) is 2. The summed E-state index contributed by atoms with van der Waals surface area (Å²) in [5.74, 6) is 5.93. The van der Waals surface area contributed by atoms with Gasteiger partial charge in [0, 0.05) is 11.6 Å². The number of nitrogens with one attached hydrogen (secondary N) is 1. The van der Waals surface area contributed by atoms with E-state index in [0.717, 1.165) is 0 Å². The van der Waals surface area contributed by atoms with Crippen LogP contribution in [0.1, 0.15) is 19.4 Å². The smallest absolute Gasteiger partial charge is 0.144 e. The molecule has 15 heavy (non-hydrogen) atoms. The zero-order valence-electron chi connectivity index (χ0n) is 8.59. The second-order valence-corrected chi connectivity index (χ2v) is 4.10. The molecule has 0 unspecified atom stereocenters. The van der Waals surface area contributed by atoms with Gasteiger partial charge >= 0.3 is 0 Å². The van der Waals surface area contributed by atoms with Crippen molar-refractivity contribution in [3.63, 3.8) is 0 Å². The summed E-state index contributed by atoms with van der Waals surface area (Å²) in [5.41, 5.74) is 3.23. The Labute approximate surface area is 99.3 Å². The van der Waals surface area contributed by atoms with Crippen LogP contribution in [0.25, 0.3) is 0 Å². The van der Waals surface area contributed by atoms with E-state index < -0.39 is 0 Å². The highest BCUT2D eigenvalue weighted by molar-refractivity contribution is 6.44. The molecule has 5 heteroatoms. The van der Waals surface area contributed by atoms with Crippen molar-refractivity contribution in [1.82, 2.24) is 5.43 Å². The van der Waals surface area contributed by atoms with Crippen LogP contribution in [0.3, 0.4) is 0 Å². The van der Waals surface area contributed by atoms with Crippen molar-refractivity contribution in [2.24, 2.45) is 10.8 Å². The average molecular weight is 246 g/mol. The molecule has 0 heterocycles. The van der Waals surface area contributed by atoms with Gasteiger partial charge < -0.3 is 5.43 Å². The lowest BCUT2D eigenvalue weighted by atomic mass is 10.2. The van der Waals surface area contributed by atoms with Crippen molar-refractivity contribution in [2.75, 3.05) is 0 Å². The number of rotatable bonds is 2. The van der Waals surface area contributed by atoms with Gasteiger partial charge in [0.05, 0.1) is 10.0 Å². The maximum Gasteiger partial charge on any atom is 0.144 e. The molecule has 3 N–H and O–H groups in total. The van der Waals surface area contributed by atoms with Crippen LogP contribution in [0.2, 0.25) is 10.0 Å². The van der Waals surface area contributed by atoms with Crippen molar-refractivity contribution in [2.45, 2.75) is 19.9 Å². The molecule has 3 nitrogen and oxygen atoms in total. The molecule has 0 aliphatic carbocycles. The number of hydrogen-bond donors (Lipinski definition) is 2. The summed E-state index contributed by atoms with van der Waals surface area (Å²) >= 11 is 11.9. The van der Waals surface area contributed by atoms with E-state index in [1.807, 2.05) is 19.9 Å². The molecule has 0 saturated carbocycles. The molecule has 0 spiro atoms. The van der Waals surface area contributed by atoms with Crippen molar-refractivity contribution < 1.29 is 0 Å². The van der Waals surface area contributed by atoms with E-state index in [1.54, 1.807) is 12.1 Å². The van der Waals surface area contributed by atoms with Gasteiger partial charge in [-0.2, -0.15) is 0 Å². The molecular weight excluding hydrogens is 233 g/mol. The quantitative estimate of drug-likeness (QED) is 0.364. The van der Waals surface area contributed by atoms with Gasteiger partial charge in [-0.15, -0.1) is 0 Å². The largest absolute Gasteiger partial charge is 0.308 e. The predicted molar refractivity (Wildman–Crippen MR) is 65.5 cm³/mol. The molecule has 0 amide bonds. The van der Waals surface area contributed by atoms with E-state index >= 15 is 0 Å². The van der Waals surface area contributed by atoms with E-state index in [9.17, 15) is 0 Å². The van der Waals surface area contributed by atoms with Crippen LogP contribution in [0, 0.1) is 0 Å². The minimum Gasteiger partial charge on any atom is -0.308 e. The number of hydrazine groups is 1. The van der Waals surface area contributed by atoms with Crippen LogP contribution in [0.5, 0.6) is 0 Å². The summed E-state index contributed by atoms with van der Waals surface area (Å²) in [6, 6.07) is 5.47. The van der Waals surface area contributed by atoms with Crippen LogP contribution in [0.15, 0.2) is 23.2 Å². The number of nitrogens with two attached hydrogens (primary N) is 1. The second-order valence-electron chi connectivity index (χ2n) is 3.32. The lowest BCUT2D eigenvalue weighted by Gasteiger charge is -2.10. The molecule has 0 aliphatic rings. The molecule has 1 rings (SSSR count). The Morgan fingerprint density at radius 3 is 2.60 bits per heavy atom. The SMILES string of the molecule is CC(C)N=C(NN)c1cccc(Cl)c1Cl. The van der Waals surface area contributed by atoms with E-state index in [1.165, 1.54) is 0 Å². The molecule has 0 saturated heterocycles. The summed E-state index contributed by atoms with van der Waals surface area (Å²) in [5, 5.41) is 0.942. The van der Waals surface area contributed by atoms with E-state index in [2.05, 4.69) is 10.4 Å². The van der Waals surface area contributed by atoms with Gasteiger partial charge in [-0.25, -0.2) is 5.84 Å². The number of nitrogens with zero attached hydrogens (tertiary/aromatic N) is 1. The molecule has 0 atom stereocenters. The molecule has 0 bridgehead atoms. The first-order valence-electron chi connectivity index (χ1n) is 4.55. The van der Waals surface area contributed by atoms with Gasteiger partial charge in [0.15, 0.2) is 0 Å². The molecule has 0 radical (unpaired) electrons. The lowest BCUT2D eigenvalue weighted by Crippen LogP contribution is -2.32. The standard InChI is InChI=1S/C10H13Cl2N3/c1-6(2)14-10(15-13)7-4-3-5-8(11)9(7)12/h3-6H,13H2,1-2H3,(H,14,15). The van der Waals surface area contributed by atoms with Crippen LogP contribution in [-0.4, -0.2) is 11.9 Å². The van der Waals surface area contributed by atoms with Crippen LogP contribution in [-0.2, 0) is 0 Å². The van der Waals surface area contributed by atoms with Gasteiger partial charge in [-0.3, -0.25) is 4.99 Å². The minimum absolute atomic E-state index is 0.131. The third kappa shape index (κ3) is 3.09. The second kappa shape index (κ2) is 5.35. The highest BCUT2D eigenvalue weighted by atomic mass is 35.5. The monoisotopic (exact) mass is 245 g/mol. The average Bonchev–Trinajstić information content (AvgIpc) is 2.19. The molecule has 1 aromatic rings. The van der Waals surface area contributed by atoms with Gasteiger partial charge in [0.1, 0.15) is 5.84 Å². The Balaban J connectivity index is 3.19. The maximum atomic E-state index is 6.04. The van der Waals surface area contributed by atoms with Gasteiger partial charge in [-0.05, 0) is 26.0 Å². The summed E-state index contributed by atoms with van der Waals surface area (Å²) < 4.78 is 0. The third-order valence-corrected chi connectivity index (χ3v) is 2.55. The van der Waals surface area contributed by atoms with Crippen molar-refractivity contribution in [3.8, 4) is 0 Å². The first-order chi connectivity index (χ1) is 7.06. The first-order valence-corrected chi connectivity index (χ1v) is 5.30. The molecule has 1 aromatic carbocycles. The highest BCUT2D eigenvalue weighted by Gasteiger charge is 2.09. The Hall–Kier alpha value is -0.770. The van der Waals surface area contributed by atoms with Crippen molar-refractivity contribution >= 4 is 29.0 Å². The minimum atomic E-state index is 0.131. The lowest BCUT2D eigenvalue weighted by molar-refractivity contribution is 0.820. The Morgan fingerprint density at radius 2 is 2.07 bits per heavy atom. The Morgan fingerprint density at radius 1 is 1.40 bits per heavy atom. The van der Waals surface area contributed by atoms with E-state index in [4.69, 9.17) is 29.0 Å². The topological polar surface area (TPSA) is 50.4 Å². The molecule has 0 aliphatic heterocycles. The summed E-state index contributed by atoms with van der Waals surface area (Å²) in [7, 11) is 0. The fourth-order valence-corrected chi connectivity index (χ4v) is 1.52. The maximum absolute atomic E-state index is 6.04. The zero-order valence-corrected chi connectivity index (χ0v) is 10.1.